The van der Waals surface area contributed by atoms with E-state index in [1.54, 1.807) is 0 Å². The highest BCUT2D eigenvalue weighted by atomic mass is 16.1. The van der Waals surface area contributed by atoms with Crippen molar-refractivity contribution in [3.05, 3.63) is 48.0 Å². The third kappa shape index (κ3) is 3.70. The minimum Gasteiger partial charge on any atom is -0.299 e. The summed E-state index contributed by atoms with van der Waals surface area (Å²) in [5.74, 6) is 0.301. The first-order chi connectivity index (χ1) is 7.11. The molecular formula is C14H18O. The average molecular weight is 202 g/mol. The van der Waals surface area contributed by atoms with Gasteiger partial charge >= 0.3 is 0 Å². The van der Waals surface area contributed by atoms with Crippen LogP contribution in [0.15, 0.2) is 42.5 Å². The SMILES string of the molecule is C=C(C)CCC(=O)C(C)c1ccccc1. The van der Waals surface area contributed by atoms with Crippen LogP contribution in [-0.2, 0) is 4.79 Å². The number of hydrogen-bond donors (Lipinski definition) is 0. The van der Waals surface area contributed by atoms with Gasteiger partial charge in [0.15, 0.2) is 0 Å². The maximum atomic E-state index is 11.8. The number of allylic oxidation sites excluding steroid dienone is 1. The van der Waals surface area contributed by atoms with Crippen LogP contribution < -0.4 is 0 Å². The molecule has 1 nitrogen and oxygen atoms in total. The van der Waals surface area contributed by atoms with E-state index in [2.05, 4.69) is 6.58 Å². The summed E-state index contributed by atoms with van der Waals surface area (Å²) in [5, 5.41) is 0. The molecule has 0 aliphatic carbocycles. The van der Waals surface area contributed by atoms with Gasteiger partial charge in [0.2, 0.25) is 0 Å². The molecule has 0 spiro atoms. The Morgan fingerprint density at radius 3 is 2.40 bits per heavy atom. The lowest BCUT2D eigenvalue weighted by atomic mass is 9.93. The van der Waals surface area contributed by atoms with E-state index in [9.17, 15) is 4.79 Å². The zero-order valence-electron chi connectivity index (χ0n) is 9.49. The summed E-state index contributed by atoms with van der Waals surface area (Å²) in [4.78, 5) is 11.8. The highest BCUT2D eigenvalue weighted by molar-refractivity contribution is 5.85. The van der Waals surface area contributed by atoms with Crippen molar-refractivity contribution in [3.63, 3.8) is 0 Å². The Morgan fingerprint density at radius 2 is 1.87 bits per heavy atom. The van der Waals surface area contributed by atoms with Crippen LogP contribution in [0.3, 0.4) is 0 Å². The highest BCUT2D eigenvalue weighted by Gasteiger charge is 2.13. The molecule has 0 heterocycles. The van der Waals surface area contributed by atoms with Gasteiger partial charge in [0, 0.05) is 12.3 Å². The second kappa shape index (κ2) is 5.50. The van der Waals surface area contributed by atoms with Crippen LogP contribution in [0.2, 0.25) is 0 Å². The Balaban J connectivity index is 2.57. The molecule has 0 amide bonds. The molecule has 1 heteroatoms. The van der Waals surface area contributed by atoms with Gasteiger partial charge < -0.3 is 0 Å². The lowest BCUT2D eigenvalue weighted by Gasteiger charge is -2.10. The summed E-state index contributed by atoms with van der Waals surface area (Å²) >= 11 is 0. The Kier molecular flexibility index (Phi) is 4.29. The second-order valence-corrected chi connectivity index (χ2v) is 4.06. The van der Waals surface area contributed by atoms with Crippen LogP contribution >= 0.6 is 0 Å². The minimum atomic E-state index is 0.00514. The van der Waals surface area contributed by atoms with Crippen molar-refractivity contribution in [1.29, 1.82) is 0 Å². The zero-order valence-corrected chi connectivity index (χ0v) is 9.49. The Morgan fingerprint density at radius 1 is 1.27 bits per heavy atom. The van der Waals surface area contributed by atoms with E-state index in [1.807, 2.05) is 44.2 Å². The van der Waals surface area contributed by atoms with Crippen molar-refractivity contribution in [2.24, 2.45) is 0 Å². The summed E-state index contributed by atoms with van der Waals surface area (Å²) in [5.41, 5.74) is 2.17. The normalized spacial score (nSPS) is 12.1. The molecule has 0 saturated heterocycles. The first-order valence-corrected chi connectivity index (χ1v) is 5.33. The zero-order chi connectivity index (χ0) is 11.3. The van der Waals surface area contributed by atoms with Gasteiger partial charge in [-0.3, -0.25) is 4.79 Å². The van der Waals surface area contributed by atoms with Gasteiger partial charge in [-0.05, 0) is 18.9 Å². The van der Waals surface area contributed by atoms with Gasteiger partial charge in [-0.25, -0.2) is 0 Å². The molecule has 0 bridgehead atoms. The van der Waals surface area contributed by atoms with Gasteiger partial charge in [-0.2, -0.15) is 0 Å². The van der Waals surface area contributed by atoms with Crippen molar-refractivity contribution < 1.29 is 4.79 Å². The molecule has 1 rings (SSSR count). The third-order valence-corrected chi connectivity index (χ3v) is 2.58. The summed E-state index contributed by atoms with van der Waals surface area (Å²) in [6.45, 7) is 7.73. The maximum Gasteiger partial charge on any atom is 0.140 e. The number of ketones is 1. The molecule has 1 aromatic carbocycles. The number of carbonyl (C=O) groups is 1. The van der Waals surface area contributed by atoms with E-state index in [0.29, 0.717) is 12.2 Å². The summed E-state index contributed by atoms with van der Waals surface area (Å²) in [6, 6.07) is 9.91. The lowest BCUT2D eigenvalue weighted by Crippen LogP contribution is -2.08. The Hall–Kier alpha value is -1.37. The largest absolute Gasteiger partial charge is 0.299 e. The molecule has 0 fully saturated rings. The molecule has 0 aliphatic heterocycles. The van der Waals surface area contributed by atoms with E-state index in [-0.39, 0.29) is 5.92 Å². The monoisotopic (exact) mass is 202 g/mol. The molecule has 0 saturated carbocycles. The molecule has 1 unspecified atom stereocenters. The van der Waals surface area contributed by atoms with E-state index >= 15 is 0 Å². The highest BCUT2D eigenvalue weighted by Crippen LogP contribution is 2.18. The Labute approximate surface area is 91.8 Å². The average Bonchev–Trinajstić information content (AvgIpc) is 2.26. The maximum absolute atomic E-state index is 11.8. The first-order valence-electron chi connectivity index (χ1n) is 5.33. The molecule has 15 heavy (non-hydrogen) atoms. The van der Waals surface area contributed by atoms with Crippen molar-refractivity contribution >= 4 is 5.78 Å². The molecule has 1 aromatic rings. The standard InChI is InChI=1S/C14H18O/c1-11(2)9-10-14(15)12(3)13-7-5-4-6-8-13/h4-8,12H,1,9-10H2,2-3H3. The second-order valence-electron chi connectivity index (χ2n) is 4.06. The van der Waals surface area contributed by atoms with Crippen LogP contribution in [0.25, 0.3) is 0 Å². The van der Waals surface area contributed by atoms with Gasteiger partial charge in [0.05, 0.1) is 0 Å². The molecule has 80 valence electrons. The first kappa shape index (κ1) is 11.7. The Bertz CT molecular complexity index is 338. The molecule has 0 N–H and O–H groups in total. The van der Waals surface area contributed by atoms with Gasteiger partial charge in [0.25, 0.3) is 0 Å². The number of carbonyl (C=O) groups excluding carboxylic acids is 1. The molecule has 0 aliphatic rings. The number of rotatable bonds is 5. The molecule has 0 aromatic heterocycles. The van der Waals surface area contributed by atoms with Gasteiger partial charge in [0.1, 0.15) is 5.78 Å². The summed E-state index contributed by atoms with van der Waals surface area (Å²) < 4.78 is 0. The van der Waals surface area contributed by atoms with E-state index in [1.165, 1.54) is 0 Å². The molecule has 0 radical (unpaired) electrons. The topological polar surface area (TPSA) is 17.1 Å². The van der Waals surface area contributed by atoms with Crippen LogP contribution in [-0.4, -0.2) is 5.78 Å². The number of hydrogen-bond acceptors (Lipinski definition) is 1. The van der Waals surface area contributed by atoms with Crippen molar-refractivity contribution in [1.82, 2.24) is 0 Å². The van der Waals surface area contributed by atoms with Gasteiger partial charge in [-0.1, -0.05) is 42.8 Å². The van der Waals surface area contributed by atoms with E-state index in [0.717, 1.165) is 17.6 Å². The summed E-state index contributed by atoms with van der Waals surface area (Å²) in [6.07, 6.45) is 1.40. The summed E-state index contributed by atoms with van der Waals surface area (Å²) in [7, 11) is 0. The molecular weight excluding hydrogens is 184 g/mol. The fraction of sp³-hybridized carbons (Fsp3) is 0.357. The van der Waals surface area contributed by atoms with Crippen LogP contribution in [0, 0.1) is 0 Å². The van der Waals surface area contributed by atoms with Gasteiger partial charge in [-0.15, -0.1) is 6.58 Å². The lowest BCUT2D eigenvalue weighted by molar-refractivity contribution is -0.120. The number of Topliss-reactive ketones (excluding diaryl/α,β-unsaturated/α-hetero) is 1. The van der Waals surface area contributed by atoms with Crippen molar-refractivity contribution in [2.75, 3.05) is 0 Å². The van der Waals surface area contributed by atoms with E-state index in [4.69, 9.17) is 0 Å². The predicted molar refractivity (Wildman–Crippen MR) is 63.9 cm³/mol. The third-order valence-electron chi connectivity index (χ3n) is 2.58. The smallest absolute Gasteiger partial charge is 0.140 e. The fourth-order valence-electron chi connectivity index (χ4n) is 1.48. The predicted octanol–water partition coefficient (Wildman–Crippen LogP) is 3.72. The molecule has 1 atom stereocenters. The number of benzene rings is 1. The van der Waals surface area contributed by atoms with E-state index < -0.39 is 0 Å². The van der Waals surface area contributed by atoms with Crippen LogP contribution in [0.1, 0.15) is 38.2 Å². The van der Waals surface area contributed by atoms with Crippen LogP contribution in [0.5, 0.6) is 0 Å². The quantitative estimate of drug-likeness (QED) is 0.665. The van der Waals surface area contributed by atoms with Crippen molar-refractivity contribution in [3.8, 4) is 0 Å². The van der Waals surface area contributed by atoms with Crippen molar-refractivity contribution in [2.45, 2.75) is 32.6 Å². The fourth-order valence-corrected chi connectivity index (χ4v) is 1.48. The van der Waals surface area contributed by atoms with Crippen LogP contribution in [0.4, 0.5) is 0 Å². The minimum absolute atomic E-state index is 0.00514.